The number of carboxylic acid groups (broad SMARTS) is 1. The zero-order valence-corrected chi connectivity index (χ0v) is 6.49. The molecule has 0 radical (unpaired) electrons. The van der Waals surface area contributed by atoms with Gasteiger partial charge in [0.25, 0.3) is 0 Å². The standard InChI is InChI=1S/C7H14N2O2/c8-6-2-1-4-9(5-3-6)7(10)11/h6H,1-5,8H2,(H,10,11)/t6-/m0/s1. The quantitative estimate of drug-likeness (QED) is 0.538. The highest BCUT2D eigenvalue weighted by Crippen LogP contribution is 2.08. The molecule has 11 heavy (non-hydrogen) atoms. The summed E-state index contributed by atoms with van der Waals surface area (Å²) >= 11 is 0. The second kappa shape index (κ2) is 3.57. The first-order valence-corrected chi connectivity index (χ1v) is 3.93. The molecule has 1 amide bonds. The van der Waals surface area contributed by atoms with E-state index in [0.29, 0.717) is 13.1 Å². The first-order chi connectivity index (χ1) is 5.20. The number of nitrogens with two attached hydrogens (primary N) is 1. The van der Waals surface area contributed by atoms with E-state index in [0.717, 1.165) is 19.3 Å². The monoisotopic (exact) mass is 158 g/mol. The fourth-order valence-electron chi connectivity index (χ4n) is 1.31. The van der Waals surface area contributed by atoms with Crippen molar-refractivity contribution in [3.8, 4) is 0 Å². The maximum Gasteiger partial charge on any atom is 0.407 e. The fourth-order valence-corrected chi connectivity index (χ4v) is 1.31. The van der Waals surface area contributed by atoms with Gasteiger partial charge in [-0.1, -0.05) is 0 Å². The average Bonchev–Trinajstić information content (AvgIpc) is 2.13. The van der Waals surface area contributed by atoms with Gasteiger partial charge in [-0.25, -0.2) is 4.79 Å². The third kappa shape index (κ3) is 2.38. The molecule has 1 heterocycles. The minimum Gasteiger partial charge on any atom is -0.465 e. The maximum absolute atomic E-state index is 10.5. The van der Waals surface area contributed by atoms with Gasteiger partial charge < -0.3 is 15.7 Å². The Balaban J connectivity index is 2.40. The second-order valence-electron chi connectivity index (χ2n) is 2.96. The maximum atomic E-state index is 10.5. The van der Waals surface area contributed by atoms with Gasteiger partial charge in [-0.2, -0.15) is 0 Å². The molecular formula is C7H14N2O2. The molecular weight excluding hydrogens is 144 g/mol. The third-order valence-corrected chi connectivity index (χ3v) is 2.04. The van der Waals surface area contributed by atoms with Crippen LogP contribution in [-0.4, -0.2) is 35.2 Å². The van der Waals surface area contributed by atoms with E-state index in [1.807, 2.05) is 0 Å². The molecule has 0 aromatic carbocycles. The van der Waals surface area contributed by atoms with Crippen LogP contribution in [0.3, 0.4) is 0 Å². The van der Waals surface area contributed by atoms with E-state index in [2.05, 4.69) is 0 Å². The third-order valence-electron chi connectivity index (χ3n) is 2.04. The van der Waals surface area contributed by atoms with Gasteiger partial charge in [0.2, 0.25) is 0 Å². The Morgan fingerprint density at radius 3 is 2.82 bits per heavy atom. The lowest BCUT2D eigenvalue weighted by Gasteiger charge is -2.15. The number of amides is 1. The van der Waals surface area contributed by atoms with Crippen LogP contribution in [0, 0.1) is 0 Å². The van der Waals surface area contributed by atoms with Gasteiger partial charge in [-0.15, -0.1) is 0 Å². The smallest absolute Gasteiger partial charge is 0.407 e. The van der Waals surface area contributed by atoms with Gasteiger partial charge in [-0.3, -0.25) is 0 Å². The second-order valence-corrected chi connectivity index (χ2v) is 2.96. The van der Waals surface area contributed by atoms with Crippen molar-refractivity contribution in [2.75, 3.05) is 13.1 Å². The van der Waals surface area contributed by atoms with Gasteiger partial charge in [0.15, 0.2) is 0 Å². The summed E-state index contributed by atoms with van der Waals surface area (Å²) < 4.78 is 0. The van der Waals surface area contributed by atoms with Crippen molar-refractivity contribution in [1.29, 1.82) is 0 Å². The topological polar surface area (TPSA) is 66.6 Å². The van der Waals surface area contributed by atoms with Crippen LogP contribution in [0.25, 0.3) is 0 Å². The lowest BCUT2D eigenvalue weighted by Crippen LogP contribution is -2.31. The van der Waals surface area contributed by atoms with Crippen LogP contribution >= 0.6 is 0 Å². The van der Waals surface area contributed by atoms with Crippen molar-refractivity contribution in [3.63, 3.8) is 0 Å². The first-order valence-electron chi connectivity index (χ1n) is 3.93. The van der Waals surface area contributed by atoms with Crippen LogP contribution < -0.4 is 5.73 Å². The highest BCUT2D eigenvalue weighted by Gasteiger charge is 2.16. The van der Waals surface area contributed by atoms with Gasteiger partial charge in [0, 0.05) is 19.1 Å². The molecule has 1 aliphatic heterocycles. The van der Waals surface area contributed by atoms with Crippen LogP contribution in [0.5, 0.6) is 0 Å². The molecule has 0 bridgehead atoms. The van der Waals surface area contributed by atoms with Gasteiger partial charge in [0.05, 0.1) is 0 Å². The summed E-state index contributed by atoms with van der Waals surface area (Å²) in [6.07, 6.45) is 1.82. The van der Waals surface area contributed by atoms with E-state index in [-0.39, 0.29) is 6.04 Å². The summed E-state index contributed by atoms with van der Waals surface area (Å²) in [5, 5.41) is 8.63. The fraction of sp³-hybridized carbons (Fsp3) is 0.857. The van der Waals surface area contributed by atoms with Crippen molar-refractivity contribution >= 4 is 6.09 Å². The molecule has 0 aromatic heterocycles. The molecule has 64 valence electrons. The summed E-state index contributed by atoms with van der Waals surface area (Å²) in [5.74, 6) is 0. The van der Waals surface area contributed by atoms with Crippen molar-refractivity contribution in [3.05, 3.63) is 0 Å². The SMILES string of the molecule is N[C@H]1CCCN(C(=O)O)CC1. The Kier molecular flexibility index (Phi) is 2.70. The lowest BCUT2D eigenvalue weighted by molar-refractivity contribution is 0.147. The largest absolute Gasteiger partial charge is 0.465 e. The Labute approximate surface area is 66.0 Å². The molecule has 0 aliphatic carbocycles. The Morgan fingerprint density at radius 1 is 1.45 bits per heavy atom. The van der Waals surface area contributed by atoms with Crippen LogP contribution in [-0.2, 0) is 0 Å². The predicted octanol–water partition coefficient (Wildman–Crippen LogP) is 0.478. The van der Waals surface area contributed by atoms with Crippen molar-refractivity contribution in [1.82, 2.24) is 4.90 Å². The molecule has 1 rings (SSSR count). The van der Waals surface area contributed by atoms with Crippen LogP contribution in [0.1, 0.15) is 19.3 Å². The zero-order valence-electron chi connectivity index (χ0n) is 6.49. The van der Waals surface area contributed by atoms with Crippen molar-refractivity contribution < 1.29 is 9.90 Å². The molecule has 0 aromatic rings. The van der Waals surface area contributed by atoms with Crippen LogP contribution in [0.2, 0.25) is 0 Å². The van der Waals surface area contributed by atoms with E-state index in [1.165, 1.54) is 4.90 Å². The number of hydrogen-bond acceptors (Lipinski definition) is 2. The summed E-state index contributed by atoms with van der Waals surface area (Å²) in [5.41, 5.74) is 5.68. The molecule has 0 unspecified atom stereocenters. The van der Waals surface area contributed by atoms with Gasteiger partial charge in [0.1, 0.15) is 0 Å². The highest BCUT2D eigenvalue weighted by atomic mass is 16.4. The Bertz CT molecular complexity index is 149. The number of hydrogen-bond donors (Lipinski definition) is 2. The molecule has 1 fully saturated rings. The van der Waals surface area contributed by atoms with Gasteiger partial charge >= 0.3 is 6.09 Å². The van der Waals surface area contributed by atoms with Crippen molar-refractivity contribution in [2.24, 2.45) is 5.73 Å². The molecule has 3 N–H and O–H groups in total. The predicted molar refractivity (Wildman–Crippen MR) is 41.4 cm³/mol. The number of rotatable bonds is 0. The van der Waals surface area contributed by atoms with E-state index >= 15 is 0 Å². The molecule has 0 spiro atoms. The highest BCUT2D eigenvalue weighted by molar-refractivity contribution is 5.64. The minimum atomic E-state index is -0.820. The molecule has 1 aliphatic rings. The summed E-state index contributed by atoms with van der Waals surface area (Å²) in [4.78, 5) is 11.9. The van der Waals surface area contributed by atoms with Crippen LogP contribution in [0.4, 0.5) is 4.79 Å². The van der Waals surface area contributed by atoms with E-state index in [4.69, 9.17) is 10.8 Å². The van der Waals surface area contributed by atoms with E-state index < -0.39 is 6.09 Å². The summed E-state index contributed by atoms with van der Waals surface area (Å²) in [6, 6.07) is 0.194. The first kappa shape index (κ1) is 8.33. The molecule has 0 saturated carbocycles. The molecule has 1 saturated heterocycles. The van der Waals surface area contributed by atoms with Gasteiger partial charge in [-0.05, 0) is 19.3 Å². The number of nitrogens with zero attached hydrogens (tertiary/aromatic N) is 1. The summed E-state index contributed by atoms with van der Waals surface area (Å²) in [7, 11) is 0. The summed E-state index contributed by atoms with van der Waals surface area (Å²) in [6.45, 7) is 1.24. The molecule has 1 atom stereocenters. The molecule has 4 heteroatoms. The normalized spacial score (nSPS) is 26.3. The number of carbonyl (C=O) groups is 1. The zero-order chi connectivity index (χ0) is 8.27. The minimum absolute atomic E-state index is 0.194. The Hall–Kier alpha value is -0.770. The lowest BCUT2D eigenvalue weighted by atomic mass is 10.1. The van der Waals surface area contributed by atoms with E-state index in [9.17, 15) is 4.79 Å². The molecule has 4 nitrogen and oxygen atoms in total. The van der Waals surface area contributed by atoms with E-state index in [1.54, 1.807) is 0 Å². The van der Waals surface area contributed by atoms with Crippen LogP contribution in [0.15, 0.2) is 0 Å². The Morgan fingerprint density at radius 2 is 2.18 bits per heavy atom. The average molecular weight is 158 g/mol. The van der Waals surface area contributed by atoms with Crippen molar-refractivity contribution in [2.45, 2.75) is 25.3 Å². The number of likely N-dealkylation sites (tertiary alicyclic amines) is 1.